The Morgan fingerprint density at radius 1 is 1.21 bits per heavy atom. The zero-order valence-electron chi connectivity index (χ0n) is 15.3. The molecule has 2 amide bonds. The maximum atomic E-state index is 12.3. The van der Waals surface area contributed by atoms with Gasteiger partial charge in [0.25, 0.3) is 5.91 Å². The van der Waals surface area contributed by atoms with E-state index in [0.29, 0.717) is 11.3 Å². The van der Waals surface area contributed by atoms with Crippen molar-refractivity contribution in [2.45, 2.75) is 59.5 Å². The van der Waals surface area contributed by atoms with Crippen LogP contribution in [0.5, 0.6) is 0 Å². The summed E-state index contributed by atoms with van der Waals surface area (Å²) in [6.45, 7) is 11.6. The molecular weight excluding hydrogens is 326 g/mol. The molecule has 0 unspecified atom stereocenters. The lowest BCUT2D eigenvalue weighted by atomic mass is 9.87. The summed E-state index contributed by atoms with van der Waals surface area (Å²) in [6.07, 6.45) is 0.801. The van der Waals surface area contributed by atoms with E-state index in [-0.39, 0.29) is 27.8 Å². The highest BCUT2D eigenvalue weighted by atomic mass is 35.5. The predicted octanol–water partition coefficient (Wildman–Crippen LogP) is 3.57. The van der Waals surface area contributed by atoms with Gasteiger partial charge in [0.15, 0.2) is 0 Å². The van der Waals surface area contributed by atoms with Crippen LogP contribution in [-0.2, 0) is 4.79 Å². The van der Waals surface area contributed by atoms with Crippen LogP contribution < -0.4 is 16.4 Å². The van der Waals surface area contributed by atoms with Gasteiger partial charge in [-0.25, -0.2) is 0 Å². The molecule has 0 aromatic heterocycles. The largest absolute Gasteiger partial charge is 0.347 e. The van der Waals surface area contributed by atoms with Crippen molar-refractivity contribution in [3.63, 3.8) is 0 Å². The van der Waals surface area contributed by atoms with Crippen LogP contribution in [0.2, 0.25) is 5.02 Å². The van der Waals surface area contributed by atoms with Crippen LogP contribution in [0.25, 0.3) is 0 Å². The third-order valence-corrected chi connectivity index (χ3v) is 4.35. The van der Waals surface area contributed by atoms with E-state index >= 15 is 0 Å². The van der Waals surface area contributed by atoms with Crippen molar-refractivity contribution in [3.05, 3.63) is 28.8 Å². The second-order valence-corrected chi connectivity index (χ2v) is 8.13. The summed E-state index contributed by atoms with van der Waals surface area (Å²) in [5.74, 6) is -0.529. The highest BCUT2D eigenvalue weighted by molar-refractivity contribution is 6.34. The van der Waals surface area contributed by atoms with Gasteiger partial charge >= 0.3 is 0 Å². The van der Waals surface area contributed by atoms with Gasteiger partial charge in [0.05, 0.1) is 16.6 Å². The van der Waals surface area contributed by atoms with E-state index in [1.807, 2.05) is 41.5 Å². The summed E-state index contributed by atoms with van der Waals surface area (Å²) in [7, 11) is 0. The second kappa shape index (κ2) is 7.53. The fraction of sp³-hybridized carbons (Fsp3) is 0.556. The Kier molecular flexibility index (Phi) is 6.42. The maximum absolute atomic E-state index is 12.3. The Bertz CT molecular complexity index is 621. The topological polar surface area (TPSA) is 84.2 Å². The standard InChI is InChI=1S/C18H28ClN3O2/c1-7-18(5,6)22-15(23)12-9-8-11(10-13(12)19)21-16(24)14(20)17(2,3)4/h8-10,14H,7,20H2,1-6H3,(H,21,24)(H,22,23)/t14-/m1/s1. The molecular formula is C18H28ClN3O2. The summed E-state index contributed by atoms with van der Waals surface area (Å²) >= 11 is 6.21. The first-order chi connectivity index (χ1) is 10.9. The lowest BCUT2D eigenvalue weighted by Crippen LogP contribution is -2.45. The summed E-state index contributed by atoms with van der Waals surface area (Å²) in [5.41, 5.74) is 6.16. The first-order valence-electron chi connectivity index (χ1n) is 8.06. The number of carbonyl (C=O) groups excluding carboxylic acids is 2. The second-order valence-electron chi connectivity index (χ2n) is 7.72. The minimum Gasteiger partial charge on any atom is -0.347 e. The van der Waals surface area contributed by atoms with E-state index in [1.165, 1.54) is 0 Å². The summed E-state index contributed by atoms with van der Waals surface area (Å²) < 4.78 is 0. The Balaban J connectivity index is 2.89. The van der Waals surface area contributed by atoms with Crippen LogP contribution in [0, 0.1) is 5.41 Å². The van der Waals surface area contributed by atoms with Gasteiger partial charge in [-0.1, -0.05) is 39.3 Å². The van der Waals surface area contributed by atoms with Gasteiger partial charge in [0.2, 0.25) is 5.91 Å². The van der Waals surface area contributed by atoms with Crippen molar-refractivity contribution >= 4 is 29.1 Å². The number of nitrogens with two attached hydrogens (primary N) is 1. The SMILES string of the molecule is CCC(C)(C)NC(=O)c1ccc(NC(=O)[C@@H](N)C(C)(C)C)cc1Cl. The Labute approximate surface area is 149 Å². The summed E-state index contributed by atoms with van der Waals surface area (Å²) in [4.78, 5) is 24.5. The molecule has 4 N–H and O–H groups in total. The van der Waals surface area contributed by atoms with Gasteiger partial charge in [-0.15, -0.1) is 0 Å². The third-order valence-electron chi connectivity index (χ3n) is 4.03. The van der Waals surface area contributed by atoms with E-state index in [0.717, 1.165) is 6.42 Å². The fourth-order valence-corrected chi connectivity index (χ4v) is 2.12. The normalized spacial score (nSPS) is 13.3. The lowest BCUT2D eigenvalue weighted by Gasteiger charge is -2.26. The highest BCUT2D eigenvalue weighted by Gasteiger charge is 2.27. The van der Waals surface area contributed by atoms with E-state index in [4.69, 9.17) is 17.3 Å². The number of hydrogen-bond acceptors (Lipinski definition) is 3. The van der Waals surface area contributed by atoms with E-state index < -0.39 is 6.04 Å². The number of benzene rings is 1. The maximum Gasteiger partial charge on any atom is 0.253 e. The molecule has 0 aliphatic rings. The quantitative estimate of drug-likeness (QED) is 0.756. The molecule has 0 aliphatic heterocycles. The van der Waals surface area contributed by atoms with Gasteiger partial charge in [-0.3, -0.25) is 9.59 Å². The van der Waals surface area contributed by atoms with Crippen molar-refractivity contribution in [3.8, 4) is 0 Å². The molecule has 1 rings (SSSR count). The van der Waals surface area contributed by atoms with Crippen LogP contribution in [0.3, 0.4) is 0 Å². The van der Waals surface area contributed by atoms with Crippen LogP contribution in [0.1, 0.15) is 58.3 Å². The van der Waals surface area contributed by atoms with Crippen molar-refractivity contribution in [2.75, 3.05) is 5.32 Å². The molecule has 1 atom stereocenters. The molecule has 1 aromatic carbocycles. The molecule has 5 nitrogen and oxygen atoms in total. The molecule has 0 saturated carbocycles. The monoisotopic (exact) mass is 353 g/mol. The Hall–Kier alpha value is -1.59. The smallest absolute Gasteiger partial charge is 0.253 e. The van der Waals surface area contributed by atoms with Crippen LogP contribution in [-0.4, -0.2) is 23.4 Å². The number of amides is 2. The Morgan fingerprint density at radius 2 is 1.79 bits per heavy atom. The molecule has 0 fully saturated rings. The molecule has 0 spiro atoms. The molecule has 1 aromatic rings. The molecule has 0 radical (unpaired) electrons. The number of carbonyl (C=O) groups is 2. The fourth-order valence-electron chi connectivity index (χ4n) is 1.85. The zero-order valence-corrected chi connectivity index (χ0v) is 16.0. The highest BCUT2D eigenvalue weighted by Crippen LogP contribution is 2.24. The van der Waals surface area contributed by atoms with Crippen molar-refractivity contribution < 1.29 is 9.59 Å². The average molecular weight is 354 g/mol. The molecule has 0 bridgehead atoms. The first-order valence-corrected chi connectivity index (χ1v) is 8.43. The Morgan fingerprint density at radius 3 is 2.25 bits per heavy atom. The number of anilines is 1. The summed E-state index contributed by atoms with van der Waals surface area (Å²) in [5, 5.41) is 5.94. The minimum atomic E-state index is -0.649. The molecule has 0 saturated heterocycles. The molecule has 24 heavy (non-hydrogen) atoms. The summed E-state index contributed by atoms with van der Waals surface area (Å²) in [6, 6.07) is 4.15. The first kappa shape index (κ1) is 20.5. The van der Waals surface area contributed by atoms with Crippen LogP contribution >= 0.6 is 11.6 Å². The molecule has 6 heteroatoms. The van der Waals surface area contributed by atoms with Crippen LogP contribution in [0.15, 0.2) is 18.2 Å². The molecule has 0 heterocycles. The van der Waals surface area contributed by atoms with Gasteiger partial charge < -0.3 is 16.4 Å². The van der Waals surface area contributed by atoms with E-state index in [1.54, 1.807) is 18.2 Å². The number of nitrogens with one attached hydrogen (secondary N) is 2. The van der Waals surface area contributed by atoms with Gasteiger partial charge in [-0.05, 0) is 43.9 Å². The number of hydrogen-bond donors (Lipinski definition) is 3. The minimum absolute atomic E-state index is 0.240. The number of rotatable bonds is 5. The van der Waals surface area contributed by atoms with E-state index in [2.05, 4.69) is 10.6 Å². The van der Waals surface area contributed by atoms with E-state index in [9.17, 15) is 9.59 Å². The van der Waals surface area contributed by atoms with Crippen molar-refractivity contribution in [1.82, 2.24) is 5.32 Å². The van der Waals surface area contributed by atoms with Crippen molar-refractivity contribution in [1.29, 1.82) is 0 Å². The predicted molar refractivity (Wildman–Crippen MR) is 99.3 cm³/mol. The molecule has 134 valence electrons. The molecule has 0 aliphatic carbocycles. The van der Waals surface area contributed by atoms with Gasteiger partial charge in [0, 0.05) is 11.2 Å². The van der Waals surface area contributed by atoms with Gasteiger partial charge in [-0.2, -0.15) is 0 Å². The van der Waals surface area contributed by atoms with Crippen molar-refractivity contribution in [2.24, 2.45) is 11.1 Å². The average Bonchev–Trinajstić information content (AvgIpc) is 2.44. The lowest BCUT2D eigenvalue weighted by molar-refractivity contribution is -0.119. The third kappa shape index (κ3) is 5.49. The zero-order chi connectivity index (χ0) is 18.7. The number of halogens is 1. The van der Waals surface area contributed by atoms with Gasteiger partial charge in [0.1, 0.15) is 0 Å². The van der Waals surface area contributed by atoms with Crippen LogP contribution in [0.4, 0.5) is 5.69 Å².